The molecule has 5 heteroatoms. The molecule has 102 valence electrons. The van der Waals surface area contributed by atoms with Crippen molar-refractivity contribution in [3.05, 3.63) is 35.9 Å². The predicted molar refractivity (Wildman–Crippen MR) is 76.5 cm³/mol. The molecule has 0 aliphatic heterocycles. The number of sulfonamides is 1. The van der Waals surface area contributed by atoms with Crippen LogP contribution in [0.15, 0.2) is 30.3 Å². The Hall–Kier alpha value is -0.580. The van der Waals surface area contributed by atoms with E-state index in [2.05, 4.69) is 12.1 Å². The molecule has 3 nitrogen and oxygen atoms in total. The molecule has 0 fully saturated rings. The molecule has 0 unspecified atom stereocenters. The van der Waals surface area contributed by atoms with E-state index in [9.17, 15) is 8.42 Å². The van der Waals surface area contributed by atoms with E-state index in [0.29, 0.717) is 18.8 Å². The van der Waals surface area contributed by atoms with Crippen molar-refractivity contribution < 1.29 is 8.42 Å². The molecule has 1 aromatic carbocycles. The first-order valence-corrected chi connectivity index (χ1v) is 8.24. The number of alkyl halides is 1. The average molecular weight is 290 g/mol. The highest BCUT2D eigenvalue weighted by molar-refractivity contribution is 7.89. The van der Waals surface area contributed by atoms with Crippen LogP contribution in [0.4, 0.5) is 0 Å². The molecule has 18 heavy (non-hydrogen) atoms. The van der Waals surface area contributed by atoms with Gasteiger partial charge in [-0.2, -0.15) is 0 Å². The van der Waals surface area contributed by atoms with Crippen molar-refractivity contribution >= 4 is 21.6 Å². The molecule has 0 heterocycles. The molecule has 0 spiro atoms. The zero-order chi connectivity index (χ0) is 13.4. The molecule has 0 amide bonds. The molecule has 0 radical (unpaired) electrons. The lowest BCUT2D eigenvalue weighted by Gasteiger charge is -2.16. The highest BCUT2D eigenvalue weighted by Crippen LogP contribution is 2.06. The molecule has 0 N–H and O–H groups in total. The Morgan fingerprint density at radius 1 is 1.17 bits per heavy atom. The van der Waals surface area contributed by atoms with E-state index in [1.807, 2.05) is 18.2 Å². The SMILES string of the molecule is CN(CCCc1ccccc1)S(=O)(=O)CCCCl. The van der Waals surface area contributed by atoms with Crippen LogP contribution in [0.1, 0.15) is 18.4 Å². The summed E-state index contributed by atoms with van der Waals surface area (Å²) in [5.74, 6) is 0.523. The summed E-state index contributed by atoms with van der Waals surface area (Å²) in [6.45, 7) is 0.555. The number of aryl methyl sites for hydroxylation is 1. The number of halogens is 1. The number of nitrogens with zero attached hydrogens (tertiary/aromatic N) is 1. The molecule has 0 bridgehead atoms. The van der Waals surface area contributed by atoms with Gasteiger partial charge in [0.2, 0.25) is 10.0 Å². The van der Waals surface area contributed by atoms with Crippen LogP contribution < -0.4 is 0 Å². The zero-order valence-corrected chi connectivity index (χ0v) is 12.3. The zero-order valence-electron chi connectivity index (χ0n) is 10.7. The number of hydrogen-bond acceptors (Lipinski definition) is 2. The lowest BCUT2D eigenvalue weighted by Crippen LogP contribution is -2.30. The quantitative estimate of drug-likeness (QED) is 0.690. The third kappa shape index (κ3) is 5.38. The van der Waals surface area contributed by atoms with Gasteiger partial charge in [-0.15, -0.1) is 11.6 Å². The maximum Gasteiger partial charge on any atom is 0.213 e. The smallest absolute Gasteiger partial charge is 0.212 e. The van der Waals surface area contributed by atoms with Gasteiger partial charge in [0.1, 0.15) is 0 Å². The molecule has 1 rings (SSSR count). The topological polar surface area (TPSA) is 37.4 Å². The highest BCUT2D eigenvalue weighted by atomic mass is 35.5. The normalized spacial score (nSPS) is 11.9. The molecule has 0 saturated carbocycles. The fourth-order valence-electron chi connectivity index (χ4n) is 1.68. The van der Waals surface area contributed by atoms with Crippen LogP contribution in [-0.4, -0.2) is 37.9 Å². The van der Waals surface area contributed by atoms with Gasteiger partial charge in [0, 0.05) is 19.5 Å². The van der Waals surface area contributed by atoms with Gasteiger partial charge in [0.05, 0.1) is 5.75 Å². The van der Waals surface area contributed by atoms with E-state index >= 15 is 0 Å². The van der Waals surface area contributed by atoms with Gasteiger partial charge in [-0.3, -0.25) is 0 Å². The largest absolute Gasteiger partial charge is 0.213 e. The Bertz CT molecular complexity index is 434. The van der Waals surface area contributed by atoms with E-state index in [-0.39, 0.29) is 5.75 Å². The van der Waals surface area contributed by atoms with Gasteiger partial charge in [-0.05, 0) is 24.8 Å². The minimum atomic E-state index is -3.13. The first-order chi connectivity index (χ1) is 8.56. The third-order valence-corrected chi connectivity index (χ3v) is 5.00. The molecule has 1 aromatic rings. The van der Waals surface area contributed by atoms with Crippen molar-refractivity contribution in [2.24, 2.45) is 0 Å². The van der Waals surface area contributed by atoms with E-state index < -0.39 is 10.0 Å². The maximum absolute atomic E-state index is 11.8. The Labute approximate surface area is 115 Å². The molecule has 0 aromatic heterocycles. The fourth-order valence-corrected chi connectivity index (χ4v) is 3.20. The molecular formula is C13H20ClNO2S. The van der Waals surface area contributed by atoms with E-state index in [1.54, 1.807) is 7.05 Å². The van der Waals surface area contributed by atoms with Crippen molar-refractivity contribution in [2.75, 3.05) is 25.2 Å². The van der Waals surface area contributed by atoms with Crippen LogP contribution in [0.3, 0.4) is 0 Å². The second-order valence-electron chi connectivity index (χ2n) is 4.27. The number of hydrogen-bond donors (Lipinski definition) is 0. The second-order valence-corrected chi connectivity index (χ2v) is 6.84. The summed E-state index contributed by atoms with van der Waals surface area (Å²) in [5, 5.41) is 0. The Morgan fingerprint density at radius 2 is 1.83 bits per heavy atom. The minimum Gasteiger partial charge on any atom is -0.212 e. The van der Waals surface area contributed by atoms with Gasteiger partial charge in [0.25, 0.3) is 0 Å². The summed E-state index contributed by atoms with van der Waals surface area (Å²) in [5.41, 5.74) is 1.24. The van der Waals surface area contributed by atoms with Gasteiger partial charge in [-0.1, -0.05) is 30.3 Å². The summed E-state index contributed by atoms with van der Waals surface area (Å²) < 4.78 is 25.0. The van der Waals surface area contributed by atoms with E-state index in [0.717, 1.165) is 12.8 Å². The molecule has 0 aliphatic rings. The lowest BCUT2D eigenvalue weighted by atomic mass is 10.1. The minimum absolute atomic E-state index is 0.137. The monoisotopic (exact) mass is 289 g/mol. The summed E-state index contributed by atoms with van der Waals surface area (Å²) in [6.07, 6.45) is 2.24. The van der Waals surface area contributed by atoms with Crippen LogP contribution in [0.5, 0.6) is 0 Å². The summed E-state index contributed by atoms with van der Waals surface area (Å²) in [7, 11) is -1.49. The first kappa shape index (κ1) is 15.5. The Kier molecular flexibility index (Phi) is 6.68. The Morgan fingerprint density at radius 3 is 2.44 bits per heavy atom. The number of rotatable bonds is 8. The molecule has 0 saturated heterocycles. The summed E-state index contributed by atoms with van der Waals surface area (Å²) in [6, 6.07) is 10.1. The van der Waals surface area contributed by atoms with Crippen LogP contribution in [-0.2, 0) is 16.4 Å². The van der Waals surface area contributed by atoms with Crippen LogP contribution in [0, 0.1) is 0 Å². The van der Waals surface area contributed by atoms with Gasteiger partial charge < -0.3 is 0 Å². The van der Waals surface area contributed by atoms with Crippen molar-refractivity contribution in [2.45, 2.75) is 19.3 Å². The van der Waals surface area contributed by atoms with Crippen molar-refractivity contribution in [3.63, 3.8) is 0 Å². The van der Waals surface area contributed by atoms with Crippen LogP contribution >= 0.6 is 11.6 Å². The van der Waals surface area contributed by atoms with Crippen molar-refractivity contribution in [1.29, 1.82) is 0 Å². The Balaban J connectivity index is 2.35. The third-order valence-electron chi connectivity index (χ3n) is 2.79. The van der Waals surface area contributed by atoms with Gasteiger partial charge in [0.15, 0.2) is 0 Å². The van der Waals surface area contributed by atoms with Crippen molar-refractivity contribution in [3.8, 4) is 0 Å². The number of benzene rings is 1. The van der Waals surface area contributed by atoms with Gasteiger partial charge in [-0.25, -0.2) is 12.7 Å². The standard InChI is InChI=1S/C13H20ClNO2S/c1-15(18(16,17)12-6-10-14)11-5-9-13-7-3-2-4-8-13/h2-4,7-8H,5-6,9-12H2,1H3. The average Bonchev–Trinajstić information content (AvgIpc) is 2.37. The molecule has 0 aliphatic carbocycles. The van der Waals surface area contributed by atoms with E-state index in [1.165, 1.54) is 9.87 Å². The summed E-state index contributed by atoms with van der Waals surface area (Å²) in [4.78, 5) is 0. The van der Waals surface area contributed by atoms with Crippen LogP contribution in [0.25, 0.3) is 0 Å². The molecular weight excluding hydrogens is 270 g/mol. The second kappa shape index (κ2) is 7.77. The van der Waals surface area contributed by atoms with E-state index in [4.69, 9.17) is 11.6 Å². The van der Waals surface area contributed by atoms with Gasteiger partial charge >= 0.3 is 0 Å². The molecule has 0 atom stereocenters. The summed E-state index contributed by atoms with van der Waals surface area (Å²) >= 11 is 5.51. The highest BCUT2D eigenvalue weighted by Gasteiger charge is 2.16. The lowest BCUT2D eigenvalue weighted by molar-refractivity contribution is 0.461. The predicted octanol–water partition coefficient (Wildman–Crippen LogP) is 2.51. The van der Waals surface area contributed by atoms with Crippen molar-refractivity contribution in [1.82, 2.24) is 4.31 Å². The maximum atomic E-state index is 11.8. The van der Waals surface area contributed by atoms with Crippen LogP contribution in [0.2, 0.25) is 0 Å². The fraction of sp³-hybridized carbons (Fsp3) is 0.538. The first-order valence-electron chi connectivity index (χ1n) is 6.10.